The van der Waals surface area contributed by atoms with Gasteiger partial charge in [-0.1, -0.05) is 6.07 Å². The third-order valence-corrected chi connectivity index (χ3v) is 3.33. The van der Waals surface area contributed by atoms with Gasteiger partial charge in [-0.05, 0) is 13.0 Å². The van der Waals surface area contributed by atoms with Crippen LogP contribution in [0, 0.1) is 6.92 Å². The van der Waals surface area contributed by atoms with Crippen LogP contribution < -0.4 is 10.3 Å². The summed E-state index contributed by atoms with van der Waals surface area (Å²) in [5.74, 6) is 0.512. The molecule has 3 aromatic heterocycles. The molecule has 0 aromatic carbocycles. The zero-order valence-corrected chi connectivity index (χ0v) is 12.1. The van der Waals surface area contributed by atoms with Gasteiger partial charge in [0.25, 0.3) is 5.56 Å². The molecule has 0 unspecified atom stereocenters. The van der Waals surface area contributed by atoms with Crippen LogP contribution in [0.4, 0.5) is 0 Å². The highest BCUT2D eigenvalue weighted by atomic mass is 16.5. The summed E-state index contributed by atoms with van der Waals surface area (Å²) >= 11 is 0. The molecule has 0 N–H and O–H groups in total. The summed E-state index contributed by atoms with van der Waals surface area (Å²) in [5.41, 5.74) is 1.87. The van der Waals surface area contributed by atoms with Crippen molar-refractivity contribution in [2.45, 2.75) is 13.5 Å². The monoisotopic (exact) mass is 285 g/mol. The van der Waals surface area contributed by atoms with Crippen LogP contribution in [0.2, 0.25) is 0 Å². The highest BCUT2D eigenvalue weighted by Crippen LogP contribution is 2.12. The lowest BCUT2D eigenvalue weighted by molar-refractivity contribution is 0.395. The fourth-order valence-corrected chi connectivity index (χ4v) is 2.31. The van der Waals surface area contributed by atoms with E-state index in [1.807, 2.05) is 19.1 Å². The summed E-state index contributed by atoms with van der Waals surface area (Å²) in [6.45, 7) is 2.15. The predicted molar refractivity (Wildman–Crippen MR) is 77.4 cm³/mol. The molecule has 3 aromatic rings. The lowest BCUT2D eigenvalue weighted by atomic mass is 10.3. The smallest absolute Gasteiger partial charge is 0.293 e. The second-order valence-electron chi connectivity index (χ2n) is 4.75. The standard InChI is InChI=1S/C14H15N5O2/c1-9-11-7-15-19(14(20)13(11)18(2)17-9)8-10-5-4-6-12(16-10)21-3/h4-7H,8H2,1-3H3. The molecule has 0 atom stereocenters. The average Bonchev–Trinajstić information content (AvgIpc) is 2.77. The lowest BCUT2D eigenvalue weighted by Gasteiger charge is -2.06. The number of aromatic nitrogens is 5. The van der Waals surface area contributed by atoms with E-state index in [-0.39, 0.29) is 12.1 Å². The van der Waals surface area contributed by atoms with E-state index >= 15 is 0 Å². The number of pyridine rings is 1. The van der Waals surface area contributed by atoms with Gasteiger partial charge in [-0.3, -0.25) is 9.48 Å². The largest absolute Gasteiger partial charge is 0.481 e. The van der Waals surface area contributed by atoms with Gasteiger partial charge in [0.2, 0.25) is 5.88 Å². The Morgan fingerprint density at radius 1 is 1.33 bits per heavy atom. The number of methoxy groups -OCH3 is 1. The van der Waals surface area contributed by atoms with Gasteiger partial charge in [-0.2, -0.15) is 10.2 Å². The number of aryl methyl sites for hydroxylation is 2. The zero-order valence-electron chi connectivity index (χ0n) is 12.1. The van der Waals surface area contributed by atoms with E-state index in [9.17, 15) is 4.79 Å². The Bertz CT molecular complexity index is 865. The van der Waals surface area contributed by atoms with E-state index in [1.165, 1.54) is 4.68 Å². The second-order valence-corrected chi connectivity index (χ2v) is 4.75. The van der Waals surface area contributed by atoms with Crippen molar-refractivity contribution in [3.63, 3.8) is 0 Å². The molecule has 0 aliphatic heterocycles. The van der Waals surface area contributed by atoms with Gasteiger partial charge in [-0.25, -0.2) is 9.67 Å². The van der Waals surface area contributed by atoms with Gasteiger partial charge in [0.05, 0.1) is 31.2 Å². The van der Waals surface area contributed by atoms with Crippen molar-refractivity contribution in [2.24, 2.45) is 7.05 Å². The molecular formula is C14H15N5O2. The van der Waals surface area contributed by atoms with Gasteiger partial charge in [0, 0.05) is 18.5 Å². The zero-order chi connectivity index (χ0) is 15.0. The van der Waals surface area contributed by atoms with Crippen LogP contribution >= 0.6 is 0 Å². The summed E-state index contributed by atoms with van der Waals surface area (Å²) in [5, 5.41) is 9.23. The molecule has 7 heteroatoms. The van der Waals surface area contributed by atoms with E-state index in [2.05, 4.69) is 15.2 Å². The van der Waals surface area contributed by atoms with Crippen LogP contribution in [-0.2, 0) is 13.6 Å². The molecule has 3 heterocycles. The Morgan fingerprint density at radius 2 is 2.14 bits per heavy atom. The van der Waals surface area contributed by atoms with Crippen molar-refractivity contribution in [1.29, 1.82) is 0 Å². The van der Waals surface area contributed by atoms with Crippen molar-refractivity contribution in [3.8, 4) is 5.88 Å². The van der Waals surface area contributed by atoms with Gasteiger partial charge in [0.1, 0.15) is 5.52 Å². The molecule has 0 aliphatic carbocycles. The first-order valence-electron chi connectivity index (χ1n) is 6.49. The molecule has 0 aliphatic rings. The summed E-state index contributed by atoms with van der Waals surface area (Å²) in [6.07, 6.45) is 1.67. The third-order valence-electron chi connectivity index (χ3n) is 3.33. The highest BCUT2D eigenvalue weighted by molar-refractivity contribution is 5.79. The maximum atomic E-state index is 12.5. The van der Waals surface area contributed by atoms with Gasteiger partial charge in [0.15, 0.2) is 0 Å². The maximum absolute atomic E-state index is 12.5. The first-order chi connectivity index (χ1) is 10.1. The SMILES string of the molecule is COc1cccc(Cn2ncc3c(C)nn(C)c3c2=O)n1. The minimum Gasteiger partial charge on any atom is -0.481 e. The number of hydrogen-bond acceptors (Lipinski definition) is 5. The van der Waals surface area contributed by atoms with Crippen molar-refractivity contribution >= 4 is 10.9 Å². The normalized spacial score (nSPS) is 11.0. The van der Waals surface area contributed by atoms with Crippen LogP contribution in [0.3, 0.4) is 0 Å². The first-order valence-corrected chi connectivity index (χ1v) is 6.49. The summed E-state index contributed by atoms with van der Waals surface area (Å²) < 4.78 is 8.05. The van der Waals surface area contributed by atoms with E-state index in [4.69, 9.17) is 4.74 Å². The van der Waals surface area contributed by atoms with Gasteiger partial charge >= 0.3 is 0 Å². The summed E-state index contributed by atoms with van der Waals surface area (Å²) in [4.78, 5) is 16.8. The molecule has 3 rings (SSSR count). The Balaban J connectivity index is 2.07. The van der Waals surface area contributed by atoms with Crippen LogP contribution in [0.15, 0.2) is 29.2 Å². The molecule has 0 fully saturated rings. The Kier molecular flexibility index (Phi) is 3.17. The third kappa shape index (κ3) is 2.26. The van der Waals surface area contributed by atoms with E-state index in [0.29, 0.717) is 17.1 Å². The van der Waals surface area contributed by atoms with Crippen LogP contribution in [0.25, 0.3) is 10.9 Å². The van der Waals surface area contributed by atoms with E-state index in [1.54, 1.807) is 31.1 Å². The first kappa shape index (κ1) is 13.3. The fourth-order valence-electron chi connectivity index (χ4n) is 2.31. The summed E-state index contributed by atoms with van der Waals surface area (Å²) in [6, 6.07) is 5.42. The summed E-state index contributed by atoms with van der Waals surface area (Å²) in [7, 11) is 3.31. The molecule has 7 nitrogen and oxygen atoms in total. The quantitative estimate of drug-likeness (QED) is 0.714. The van der Waals surface area contributed by atoms with Crippen molar-refractivity contribution in [2.75, 3.05) is 7.11 Å². The molecular weight excluding hydrogens is 270 g/mol. The minimum absolute atomic E-state index is 0.180. The molecule has 0 saturated heterocycles. The molecule has 0 bridgehead atoms. The Morgan fingerprint density at radius 3 is 2.90 bits per heavy atom. The van der Waals surface area contributed by atoms with Crippen LogP contribution in [-0.4, -0.2) is 31.7 Å². The van der Waals surface area contributed by atoms with Crippen LogP contribution in [0.1, 0.15) is 11.4 Å². The number of rotatable bonds is 3. The van der Waals surface area contributed by atoms with Gasteiger partial charge < -0.3 is 4.74 Å². The van der Waals surface area contributed by atoms with Crippen LogP contribution in [0.5, 0.6) is 5.88 Å². The second kappa shape index (κ2) is 5.01. The molecule has 108 valence electrons. The Labute approximate surface area is 120 Å². The lowest BCUT2D eigenvalue weighted by Crippen LogP contribution is -2.25. The number of hydrogen-bond donors (Lipinski definition) is 0. The molecule has 0 saturated carbocycles. The predicted octanol–water partition coefficient (Wildman–Crippen LogP) is 0.890. The maximum Gasteiger partial charge on any atom is 0.293 e. The van der Waals surface area contributed by atoms with E-state index in [0.717, 1.165) is 11.1 Å². The molecule has 0 spiro atoms. The van der Waals surface area contributed by atoms with Crippen molar-refractivity contribution in [1.82, 2.24) is 24.5 Å². The van der Waals surface area contributed by atoms with Crippen molar-refractivity contribution < 1.29 is 4.74 Å². The minimum atomic E-state index is -0.180. The molecule has 0 radical (unpaired) electrons. The fraction of sp³-hybridized carbons (Fsp3) is 0.286. The highest BCUT2D eigenvalue weighted by Gasteiger charge is 2.12. The average molecular weight is 285 g/mol. The number of ether oxygens (including phenoxy) is 1. The molecule has 21 heavy (non-hydrogen) atoms. The van der Waals surface area contributed by atoms with E-state index < -0.39 is 0 Å². The van der Waals surface area contributed by atoms with Crippen molar-refractivity contribution in [3.05, 3.63) is 46.1 Å². The molecule has 0 amide bonds. The number of nitrogens with zero attached hydrogens (tertiary/aromatic N) is 5. The number of fused-ring (bicyclic) bond motifs is 1. The Hall–Kier alpha value is -2.70. The topological polar surface area (TPSA) is 74.8 Å². The van der Waals surface area contributed by atoms with Gasteiger partial charge in [-0.15, -0.1) is 0 Å².